The minimum atomic E-state index is -0.494. The second-order valence-corrected chi connectivity index (χ2v) is 7.40. The number of carbonyl (C=O) groups excluding carboxylic acids is 2. The molecule has 0 radical (unpaired) electrons. The van der Waals surface area contributed by atoms with Gasteiger partial charge < -0.3 is 9.47 Å². The molecule has 3 aromatic carbocycles. The zero-order valence-electron chi connectivity index (χ0n) is 14.3. The predicted octanol–water partition coefficient (Wildman–Crippen LogP) is 5.94. The maximum Gasteiger partial charge on any atom is 0.343 e. The van der Waals surface area contributed by atoms with Gasteiger partial charge in [-0.2, -0.15) is 0 Å². The lowest BCUT2D eigenvalue weighted by atomic mass is 10.1. The van der Waals surface area contributed by atoms with Gasteiger partial charge in [0.15, 0.2) is 5.76 Å². The van der Waals surface area contributed by atoms with Crippen LogP contribution in [0.4, 0.5) is 0 Å². The maximum absolute atomic E-state index is 12.5. The van der Waals surface area contributed by atoms with Crippen LogP contribution >= 0.6 is 27.5 Å². The number of benzene rings is 3. The summed E-state index contributed by atoms with van der Waals surface area (Å²) in [4.78, 5) is 24.8. The largest absolute Gasteiger partial charge is 0.452 e. The van der Waals surface area contributed by atoms with Gasteiger partial charge in [-0.3, -0.25) is 4.79 Å². The van der Waals surface area contributed by atoms with E-state index in [9.17, 15) is 9.59 Å². The standard InChI is InChI=1S/C22H12BrClO4/c23-15-6-4-14(5-7-15)22(26)27-17-8-9-18-19(12-17)28-20(21(18)25)11-13-2-1-3-16(24)10-13/h1-12H. The van der Waals surface area contributed by atoms with E-state index < -0.39 is 5.97 Å². The van der Waals surface area contributed by atoms with Gasteiger partial charge in [0.05, 0.1) is 11.1 Å². The van der Waals surface area contributed by atoms with Crippen molar-refractivity contribution >= 4 is 45.4 Å². The van der Waals surface area contributed by atoms with Crippen LogP contribution in [0.5, 0.6) is 11.5 Å². The third-order valence-corrected chi connectivity index (χ3v) is 4.84. The number of hydrogen-bond acceptors (Lipinski definition) is 4. The average molecular weight is 456 g/mol. The van der Waals surface area contributed by atoms with Gasteiger partial charge in [-0.1, -0.05) is 39.7 Å². The smallest absolute Gasteiger partial charge is 0.343 e. The first-order valence-electron chi connectivity index (χ1n) is 8.31. The molecule has 28 heavy (non-hydrogen) atoms. The first kappa shape index (κ1) is 18.5. The second-order valence-electron chi connectivity index (χ2n) is 6.05. The topological polar surface area (TPSA) is 52.6 Å². The molecule has 6 heteroatoms. The minimum Gasteiger partial charge on any atom is -0.452 e. The number of Topliss-reactive ketones (excluding diaryl/α,β-unsaturated/α-hetero) is 1. The Balaban J connectivity index is 1.55. The minimum absolute atomic E-state index is 0.189. The Kier molecular flexibility index (Phi) is 5.03. The van der Waals surface area contributed by atoms with Crippen molar-refractivity contribution in [2.24, 2.45) is 0 Å². The van der Waals surface area contributed by atoms with Crippen LogP contribution < -0.4 is 9.47 Å². The summed E-state index contributed by atoms with van der Waals surface area (Å²) in [5.74, 6) is 0.101. The number of ether oxygens (including phenoxy) is 2. The molecule has 1 aliphatic heterocycles. The molecule has 3 aromatic rings. The summed E-state index contributed by atoms with van der Waals surface area (Å²) in [5, 5.41) is 0.569. The lowest BCUT2D eigenvalue weighted by molar-refractivity contribution is 0.0734. The molecule has 4 rings (SSSR count). The van der Waals surface area contributed by atoms with E-state index in [-0.39, 0.29) is 11.5 Å². The Morgan fingerprint density at radius 3 is 2.57 bits per heavy atom. The third kappa shape index (κ3) is 3.86. The van der Waals surface area contributed by atoms with Crippen molar-refractivity contribution in [3.63, 3.8) is 0 Å². The van der Waals surface area contributed by atoms with Crippen LogP contribution in [0.2, 0.25) is 5.02 Å². The van der Waals surface area contributed by atoms with Crippen LogP contribution in [0.1, 0.15) is 26.3 Å². The van der Waals surface area contributed by atoms with E-state index in [0.717, 1.165) is 10.0 Å². The molecule has 0 aromatic heterocycles. The van der Waals surface area contributed by atoms with E-state index in [1.54, 1.807) is 60.7 Å². The van der Waals surface area contributed by atoms with Gasteiger partial charge in [0.2, 0.25) is 5.78 Å². The summed E-state index contributed by atoms with van der Waals surface area (Å²) in [6.45, 7) is 0. The van der Waals surface area contributed by atoms with Crippen molar-refractivity contribution in [2.45, 2.75) is 0 Å². The van der Waals surface area contributed by atoms with Gasteiger partial charge in [-0.05, 0) is 60.2 Å². The highest BCUT2D eigenvalue weighted by Gasteiger charge is 2.28. The van der Waals surface area contributed by atoms with E-state index in [1.807, 2.05) is 6.07 Å². The molecular formula is C22H12BrClO4. The monoisotopic (exact) mass is 454 g/mol. The van der Waals surface area contributed by atoms with E-state index >= 15 is 0 Å². The van der Waals surface area contributed by atoms with E-state index in [2.05, 4.69) is 15.9 Å². The van der Waals surface area contributed by atoms with Crippen LogP contribution in [0.3, 0.4) is 0 Å². The van der Waals surface area contributed by atoms with Gasteiger partial charge in [-0.25, -0.2) is 4.79 Å². The van der Waals surface area contributed by atoms with Crippen molar-refractivity contribution in [1.29, 1.82) is 0 Å². The fourth-order valence-electron chi connectivity index (χ4n) is 2.73. The number of esters is 1. The molecule has 0 amide bonds. The highest BCUT2D eigenvalue weighted by Crippen LogP contribution is 2.35. The van der Waals surface area contributed by atoms with Crippen molar-refractivity contribution in [2.75, 3.05) is 0 Å². The van der Waals surface area contributed by atoms with Crippen LogP contribution in [-0.4, -0.2) is 11.8 Å². The number of allylic oxidation sites excluding steroid dienone is 1. The quantitative estimate of drug-likeness (QED) is 0.279. The van der Waals surface area contributed by atoms with Crippen molar-refractivity contribution in [3.8, 4) is 11.5 Å². The highest BCUT2D eigenvalue weighted by atomic mass is 79.9. The van der Waals surface area contributed by atoms with Gasteiger partial charge in [0, 0.05) is 15.6 Å². The zero-order chi connectivity index (χ0) is 19.7. The molecule has 0 fully saturated rings. The Morgan fingerprint density at radius 2 is 1.82 bits per heavy atom. The summed E-state index contributed by atoms with van der Waals surface area (Å²) >= 11 is 9.30. The number of ketones is 1. The van der Waals surface area contributed by atoms with Crippen LogP contribution in [-0.2, 0) is 0 Å². The zero-order valence-corrected chi connectivity index (χ0v) is 16.7. The molecular weight excluding hydrogens is 444 g/mol. The molecule has 0 unspecified atom stereocenters. The van der Waals surface area contributed by atoms with Crippen molar-refractivity contribution < 1.29 is 19.1 Å². The summed E-state index contributed by atoms with van der Waals surface area (Å²) in [6.07, 6.45) is 1.63. The number of hydrogen-bond donors (Lipinski definition) is 0. The van der Waals surface area contributed by atoms with Gasteiger partial charge in [0.1, 0.15) is 11.5 Å². The molecule has 4 nitrogen and oxygen atoms in total. The SMILES string of the molecule is O=C(Oc1ccc2c(c1)OC(=Cc1cccc(Cl)c1)C2=O)c1ccc(Br)cc1. The molecule has 0 bridgehead atoms. The average Bonchev–Trinajstić information content (AvgIpc) is 2.97. The molecule has 0 saturated heterocycles. The van der Waals surface area contributed by atoms with Crippen LogP contribution in [0.15, 0.2) is 77.0 Å². The molecule has 138 valence electrons. The summed E-state index contributed by atoms with van der Waals surface area (Å²) in [7, 11) is 0. The fourth-order valence-corrected chi connectivity index (χ4v) is 3.19. The molecule has 0 N–H and O–H groups in total. The second kappa shape index (κ2) is 7.62. The van der Waals surface area contributed by atoms with E-state index in [0.29, 0.717) is 27.6 Å². The Morgan fingerprint density at radius 1 is 1.04 bits per heavy atom. The Bertz CT molecular complexity index is 1120. The summed E-state index contributed by atoms with van der Waals surface area (Å²) < 4.78 is 11.9. The number of fused-ring (bicyclic) bond motifs is 1. The Labute approximate surface area is 174 Å². The molecule has 0 atom stereocenters. The first-order valence-corrected chi connectivity index (χ1v) is 9.48. The Hall–Kier alpha value is -2.89. The normalized spacial score (nSPS) is 13.9. The molecule has 0 aliphatic carbocycles. The summed E-state index contributed by atoms with van der Waals surface area (Å²) in [5.41, 5.74) is 1.59. The molecule has 1 heterocycles. The van der Waals surface area contributed by atoms with Gasteiger partial charge in [-0.15, -0.1) is 0 Å². The molecule has 0 saturated carbocycles. The lowest BCUT2D eigenvalue weighted by Crippen LogP contribution is -2.08. The summed E-state index contributed by atoms with van der Waals surface area (Å²) in [6, 6.07) is 18.6. The maximum atomic E-state index is 12.5. The van der Waals surface area contributed by atoms with Crippen LogP contribution in [0.25, 0.3) is 6.08 Å². The van der Waals surface area contributed by atoms with Gasteiger partial charge in [0.25, 0.3) is 0 Å². The number of rotatable bonds is 3. The van der Waals surface area contributed by atoms with Gasteiger partial charge >= 0.3 is 5.97 Å². The lowest BCUT2D eigenvalue weighted by Gasteiger charge is -2.06. The van der Waals surface area contributed by atoms with Crippen LogP contribution in [0, 0.1) is 0 Å². The first-order chi connectivity index (χ1) is 13.5. The molecule has 0 spiro atoms. The number of carbonyl (C=O) groups is 2. The number of halogens is 2. The van der Waals surface area contributed by atoms with Crippen molar-refractivity contribution in [3.05, 3.63) is 98.7 Å². The fraction of sp³-hybridized carbons (Fsp3) is 0. The third-order valence-electron chi connectivity index (χ3n) is 4.08. The predicted molar refractivity (Wildman–Crippen MR) is 110 cm³/mol. The van der Waals surface area contributed by atoms with Crippen molar-refractivity contribution in [1.82, 2.24) is 0 Å². The van der Waals surface area contributed by atoms with E-state index in [4.69, 9.17) is 21.1 Å². The van der Waals surface area contributed by atoms with E-state index in [1.165, 1.54) is 6.07 Å². The molecule has 1 aliphatic rings. The highest BCUT2D eigenvalue weighted by molar-refractivity contribution is 9.10.